The van der Waals surface area contributed by atoms with Crippen molar-refractivity contribution in [1.82, 2.24) is 4.98 Å². The highest BCUT2D eigenvalue weighted by atomic mass is 35.5. The van der Waals surface area contributed by atoms with Crippen LogP contribution in [0.25, 0.3) is 0 Å². The van der Waals surface area contributed by atoms with Crippen molar-refractivity contribution in [3.05, 3.63) is 53.3 Å². The highest BCUT2D eigenvalue weighted by Crippen LogP contribution is 2.25. The lowest BCUT2D eigenvalue weighted by Crippen LogP contribution is -2.24. The number of anilines is 2. The summed E-state index contributed by atoms with van der Waals surface area (Å²) < 4.78 is 25.1. The second-order valence-electron chi connectivity index (χ2n) is 5.11. The maximum Gasteiger partial charge on any atom is 0.255 e. The minimum Gasteiger partial charge on any atom is -0.322 e. The molecule has 23 heavy (non-hydrogen) atoms. The first-order chi connectivity index (χ1) is 11.0. The fraction of sp³-hybridized carbons (Fsp3) is 0.200. The highest BCUT2D eigenvalue weighted by Gasteiger charge is 2.28. The molecule has 1 aliphatic heterocycles. The number of pyridine rings is 1. The van der Waals surface area contributed by atoms with E-state index in [2.05, 4.69) is 10.3 Å². The Hall–Kier alpha value is -2.12. The van der Waals surface area contributed by atoms with E-state index in [0.717, 1.165) is 0 Å². The van der Waals surface area contributed by atoms with E-state index in [0.29, 0.717) is 29.9 Å². The van der Waals surface area contributed by atoms with E-state index in [1.54, 1.807) is 30.3 Å². The molecule has 3 rings (SSSR count). The lowest BCUT2D eigenvalue weighted by atomic mass is 10.2. The zero-order valence-electron chi connectivity index (χ0n) is 12.1. The number of aromatic nitrogens is 1. The maximum absolute atomic E-state index is 12.1. The second-order valence-corrected chi connectivity index (χ2v) is 7.51. The average molecular weight is 352 g/mol. The van der Waals surface area contributed by atoms with Gasteiger partial charge < -0.3 is 5.32 Å². The van der Waals surface area contributed by atoms with Gasteiger partial charge in [-0.25, -0.2) is 13.4 Å². The summed E-state index contributed by atoms with van der Waals surface area (Å²) in [6.45, 7) is 0.490. The van der Waals surface area contributed by atoms with Gasteiger partial charge in [-0.05, 0) is 42.8 Å². The average Bonchev–Trinajstić information content (AvgIpc) is 2.87. The summed E-state index contributed by atoms with van der Waals surface area (Å²) in [6, 6.07) is 9.73. The number of carbonyl (C=O) groups is 1. The molecular formula is C15H14ClN3O3S. The number of sulfonamides is 1. The van der Waals surface area contributed by atoms with Gasteiger partial charge in [-0.2, -0.15) is 0 Å². The van der Waals surface area contributed by atoms with Crippen molar-refractivity contribution in [2.45, 2.75) is 6.42 Å². The van der Waals surface area contributed by atoms with Crippen LogP contribution in [0.5, 0.6) is 0 Å². The number of nitrogens with one attached hydrogen (secondary N) is 1. The van der Waals surface area contributed by atoms with Crippen molar-refractivity contribution in [1.29, 1.82) is 0 Å². The molecule has 0 atom stereocenters. The molecule has 1 aromatic heterocycles. The third-order valence-corrected chi connectivity index (χ3v) is 5.58. The third kappa shape index (κ3) is 3.46. The number of hydrogen-bond donors (Lipinski definition) is 1. The number of nitrogens with zero attached hydrogens (tertiary/aromatic N) is 2. The van der Waals surface area contributed by atoms with E-state index in [1.807, 2.05) is 0 Å². The molecule has 0 unspecified atom stereocenters. The molecule has 0 spiro atoms. The Balaban J connectivity index is 1.74. The Kier molecular flexibility index (Phi) is 4.23. The predicted molar refractivity (Wildman–Crippen MR) is 89.4 cm³/mol. The van der Waals surface area contributed by atoms with Gasteiger partial charge in [-0.3, -0.25) is 9.10 Å². The molecule has 6 nitrogen and oxygen atoms in total. The van der Waals surface area contributed by atoms with Gasteiger partial charge in [0.1, 0.15) is 5.15 Å². The molecule has 2 heterocycles. The Bertz CT molecular complexity index is 837. The van der Waals surface area contributed by atoms with Crippen LogP contribution in [0, 0.1) is 0 Å². The standard InChI is InChI=1S/C15H14ClN3O3S/c16-14-10-11(6-7-17-14)15(20)18-12-2-4-13(5-3-12)19-8-1-9-23(19,21)22/h2-7,10H,1,8-9H2,(H,18,20). The molecule has 1 aromatic carbocycles. The molecule has 1 fully saturated rings. The highest BCUT2D eigenvalue weighted by molar-refractivity contribution is 7.93. The monoisotopic (exact) mass is 351 g/mol. The second kappa shape index (κ2) is 6.17. The summed E-state index contributed by atoms with van der Waals surface area (Å²) in [6.07, 6.45) is 2.09. The van der Waals surface area contributed by atoms with Crippen molar-refractivity contribution < 1.29 is 13.2 Å². The molecule has 0 saturated carbocycles. The van der Waals surface area contributed by atoms with Crippen molar-refractivity contribution in [2.75, 3.05) is 21.9 Å². The van der Waals surface area contributed by atoms with Crippen LogP contribution in [0.4, 0.5) is 11.4 Å². The first-order valence-corrected chi connectivity index (χ1v) is 8.98. The van der Waals surface area contributed by atoms with Gasteiger partial charge >= 0.3 is 0 Å². The van der Waals surface area contributed by atoms with E-state index in [1.165, 1.54) is 16.6 Å². The van der Waals surface area contributed by atoms with E-state index in [9.17, 15) is 13.2 Å². The number of halogens is 1. The molecule has 1 amide bonds. The number of benzene rings is 1. The van der Waals surface area contributed by atoms with Crippen LogP contribution in [0.2, 0.25) is 5.15 Å². The fourth-order valence-corrected chi connectivity index (χ4v) is 4.13. The molecule has 1 aliphatic rings. The molecule has 120 valence electrons. The molecule has 2 aromatic rings. The summed E-state index contributed by atoms with van der Waals surface area (Å²) >= 11 is 5.76. The fourth-order valence-electron chi connectivity index (χ4n) is 2.39. The number of rotatable bonds is 3. The van der Waals surface area contributed by atoms with E-state index < -0.39 is 10.0 Å². The van der Waals surface area contributed by atoms with E-state index >= 15 is 0 Å². The van der Waals surface area contributed by atoms with E-state index in [4.69, 9.17) is 11.6 Å². The number of carbonyl (C=O) groups excluding carboxylic acids is 1. The van der Waals surface area contributed by atoms with Crippen LogP contribution in [-0.4, -0.2) is 31.6 Å². The van der Waals surface area contributed by atoms with Gasteiger partial charge in [0.25, 0.3) is 5.91 Å². The molecule has 8 heteroatoms. The smallest absolute Gasteiger partial charge is 0.255 e. The van der Waals surface area contributed by atoms with Crippen LogP contribution in [-0.2, 0) is 10.0 Å². The summed E-state index contributed by atoms with van der Waals surface area (Å²) in [4.78, 5) is 15.9. The van der Waals surface area contributed by atoms with Crippen molar-refractivity contribution >= 4 is 38.9 Å². The zero-order chi connectivity index (χ0) is 16.4. The summed E-state index contributed by atoms with van der Waals surface area (Å²) in [5, 5.41) is 2.97. The molecule has 1 N–H and O–H groups in total. The summed E-state index contributed by atoms with van der Waals surface area (Å²) in [5.41, 5.74) is 1.58. The predicted octanol–water partition coefficient (Wildman–Crippen LogP) is 2.53. The van der Waals surface area contributed by atoms with Crippen molar-refractivity contribution in [2.24, 2.45) is 0 Å². The lowest BCUT2D eigenvalue weighted by Gasteiger charge is -2.17. The van der Waals surface area contributed by atoms with Crippen LogP contribution >= 0.6 is 11.6 Å². The van der Waals surface area contributed by atoms with Gasteiger partial charge in [-0.15, -0.1) is 0 Å². The summed E-state index contributed by atoms with van der Waals surface area (Å²) in [5.74, 6) is -0.135. The van der Waals surface area contributed by atoms with E-state index in [-0.39, 0.29) is 16.8 Å². The maximum atomic E-state index is 12.1. The summed E-state index contributed by atoms with van der Waals surface area (Å²) in [7, 11) is -3.20. The molecule has 0 radical (unpaired) electrons. The molecule has 0 bridgehead atoms. The number of amides is 1. The van der Waals surface area contributed by atoms with Gasteiger partial charge in [-0.1, -0.05) is 11.6 Å². The normalized spacial score (nSPS) is 16.3. The van der Waals surface area contributed by atoms with Gasteiger partial charge in [0.2, 0.25) is 10.0 Å². The van der Waals surface area contributed by atoms with Gasteiger partial charge in [0.05, 0.1) is 11.4 Å². The van der Waals surface area contributed by atoms with Crippen LogP contribution in [0.15, 0.2) is 42.6 Å². The zero-order valence-corrected chi connectivity index (χ0v) is 13.6. The Labute approximate surface area is 139 Å². The largest absolute Gasteiger partial charge is 0.322 e. The Morgan fingerprint density at radius 1 is 1.22 bits per heavy atom. The van der Waals surface area contributed by atoms with Crippen LogP contribution < -0.4 is 9.62 Å². The van der Waals surface area contributed by atoms with Crippen LogP contribution in [0.3, 0.4) is 0 Å². The van der Waals surface area contributed by atoms with Gasteiger partial charge in [0, 0.05) is 24.0 Å². The Morgan fingerprint density at radius 2 is 1.96 bits per heavy atom. The lowest BCUT2D eigenvalue weighted by molar-refractivity contribution is 0.102. The molecule has 0 aliphatic carbocycles. The third-order valence-electron chi connectivity index (χ3n) is 3.50. The topological polar surface area (TPSA) is 79.4 Å². The van der Waals surface area contributed by atoms with Gasteiger partial charge in [0.15, 0.2) is 0 Å². The minimum absolute atomic E-state index is 0.175. The first kappa shape index (κ1) is 15.8. The molecular weight excluding hydrogens is 338 g/mol. The Morgan fingerprint density at radius 3 is 2.57 bits per heavy atom. The van der Waals surface area contributed by atoms with Crippen LogP contribution in [0.1, 0.15) is 16.8 Å². The SMILES string of the molecule is O=C(Nc1ccc(N2CCCS2(=O)=O)cc1)c1ccnc(Cl)c1. The first-order valence-electron chi connectivity index (χ1n) is 6.99. The van der Waals surface area contributed by atoms with Crippen molar-refractivity contribution in [3.8, 4) is 0 Å². The minimum atomic E-state index is -3.20. The quantitative estimate of drug-likeness (QED) is 0.862. The number of hydrogen-bond acceptors (Lipinski definition) is 4. The molecule has 1 saturated heterocycles. The van der Waals surface area contributed by atoms with Crippen molar-refractivity contribution in [3.63, 3.8) is 0 Å².